The zero-order valence-corrected chi connectivity index (χ0v) is 16.0. The molecule has 5 nitrogen and oxygen atoms in total. The number of carbonyl (C=O) groups excluding carboxylic acids is 2. The molecule has 2 aromatic rings. The van der Waals surface area contributed by atoms with Crippen molar-refractivity contribution >= 4 is 56.2 Å². The summed E-state index contributed by atoms with van der Waals surface area (Å²) in [6.07, 6.45) is -0.518. The summed E-state index contributed by atoms with van der Waals surface area (Å²) in [5.41, 5.74) is 2.19. The molecule has 0 heterocycles. The van der Waals surface area contributed by atoms with E-state index in [2.05, 4.69) is 53.9 Å². The van der Waals surface area contributed by atoms with Gasteiger partial charge in [-0.05, 0) is 58.5 Å². The average Bonchev–Trinajstić information content (AvgIpc) is 2.56. The highest BCUT2D eigenvalue weighted by Gasteiger charge is 2.10. The Labute approximate surface area is 156 Å². The third kappa shape index (κ3) is 5.21. The summed E-state index contributed by atoms with van der Waals surface area (Å²) in [6.45, 7) is 0.403. The van der Waals surface area contributed by atoms with Crippen LogP contribution in [0.15, 0.2) is 46.9 Å². The maximum absolute atomic E-state index is 12.2. The highest BCUT2D eigenvalue weighted by Crippen LogP contribution is 2.18. The quantitative estimate of drug-likeness (QED) is 0.635. The third-order valence-corrected chi connectivity index (χ3v) is 4.45. The fourth-order valence-corrected chi connectivity index (χ4v) is 2.77. The monoisotopic (exact) mass is 488 g/mol. The number of nitrogens with one attached hydrogen (secondary N) is 2. The van der Waals surface area contributed by atoms with E-state index in [-0.39, 0.29) is 5.91 Å². The van der Waals surface area contributed by atoms with Crippen molar-refractivity contribution in [3.8, 4) is 0 Å². The number of methoxy groups -OCH3 is 1. The van der Waals surface area contributed by atoms with Crippen molar-refractivity contribution in [1.29, 1.82) is 0 Å². The highest BCUT2D eigenvalue weighted by atomic mass is 127. The molecule has 0 aliphatic heterocycles. The predicted octanol–water partition coefficient (Wildman–Crippen LogP) is 4.16. The molecule has 23 heavy (non-hydrogen) atoms. The van der Waals surface area contributed by atoms with Crippen molar-refractivity contribution in [2.75, 3.05) is 12.4 Å². The predicted molar refractivity (Wildman–Crippen MR) is 100 cm³/mol. The van der Waals surface area contributed by atoms with E-state index in [9.17, 15) is 9.59 Å². The molecule has 0 aromatic heterocycles. The van der Waals surface area contributed by atoms with E-state index in [0.29, 0.717) is 17.8 Å². The van der Waals surface area contributed by atoms with E-state index >= 15 is 0 Å². The molecule has 0 saturated carbocycles. The standard InChI is InChI=1S/C16H14BrIN2O3/c1-23-16(22)20-12-5-2-10(3-6-12)9-19-15(21)13-8-11(17)4-7-14(13)18/h2-8H,9H2,1H3,(H,19,21)(H,20,22). The minimum absolute atomic E-state index is 0.132. The molecule has 2 rings (SSSR count). The second-order valence-corrected chi connectivity index (χ2v) is 6.70. The van der Waals surface area contributed by atoms with Gasteiger partial charge in [-0.2, -0.15) is 0 Å². The van der Waals surface area contributed by atoms with Crippen molar-refractivity contribution in [1.82, 2.24) is 5.32 Å². The fourth-order valence-electron chi connectivity index (χ4n) is 1.82. The fraction of sp³-hybridized carbons (Fsp3) is 0.125. The van der Waals surface area contributed by atoms with E-state index in [1.165, 1.54) is 7.11 Å². The van der Waals surface area contributed by atoms with E-state index in [4.69, 9.17) is 0 Å². The van der Waals surface area contributed by atoms with Gasteiger partial charge in [-0.3, -0.25) is 10.1 Å². The van der Waals surface area contributed by atoms with Gasteiger partial charge in [0, 0.05) is 20.3 Å². The largest absolute Gasteiger partial charge is 0.453 e. The normalized spacial score (nSPS) is 10.0. The van der Waals surface area contributed by atoms with Gasteiger partial charge in [-0.15, -0.1) is 0 Å². The van der Waals surface area contributed by atoms with Crippen LogP contribution in [-0.4, -0.2) is 19.1 Å². The van der Waals surface area contributed by atoms with Gasteiger partial charge in [0.15, 0.2) is 0 Å². The number of ether oxygens (including phenoxy) is 1. The van der Waals surface area contributed by atoms with Crippen LogP contribution in [0.4, 0.5) is 10.5 Å². The van der Waals surface area contributed by atoms with Gasteiger partial charge in [-0.1, -0.05) is 28.1 Å². The van der Waals surface area contributed by atoms with Crippen LogP contribution in [0.25, 0.3) is 0 Å². The molecule has 0 bridgehead atoms. The molecule has 0 atom stereocenters. The van der Waals surface area contributed by atoms with Crippen molar-refractivity contribution in [2.45, 2.75) is 6.54 Å². The van der Waals surface area contributed by atoms with Gasteiger partial charge >= 0.3 is 6.09 Å². The molecule has 7 heteroatoms. The van der Waals surface area contributed by atoms with Crippen LogP contribution >= 0.6 is 38.5 Å². The number of halogens is 2. The van der Waals surface area contributed by atoms with Crippen LogP contribution in [0.5, 0.6) is 0 Å². The first kappa shape index (κ1) is 17.7. The summed E-state index contributed by atoms with van der Waals surface area (Å²) >= 11 is 5.50. The van der Waals surface area contributed by atoms with Gasteiger partial charge in [0.2, 0.25) is 0 Å². The van der Waals surface area contributed by atoms with E-state index in [1.54, 1.807) is 18.2 Å². The minimum Gasteiger partial charge on any atom is -0.453 e. The van der Waals surface area contributed by atoms with Crippen molar-refractivity contribution in [2.24, 2.45) is 0 Å². The summed E-state index contributed by atoms with van der Waals surface area (Å²) < 4.78 is 6.27. The number of benzene rings is 2. The number of hydrogen-bond donors (Lipinski definition) is 2. The summed E-state index contributed by atoms with van der Waals surface area (Å²) in [5, 5.41) is 5.45. The van der Waals surface area contributed by atoms with E-state index in [0.717, 1.165) is 13.6 Å². The Morgan fingerprint density at radius 2 is 1.87 bits per heavy atom. The Hall–Kier alpha value is -1.61. The van der Waals surface area contributed by atoms with Crippen LogP contribution in [0.3, 0.4) is 0 Å². The van der Waals surface area contributed by atoms with Gasteiger partial charge in [-0.25, -0.2) is 4.79 Å². The van der Waals surface area contributed by atoms with E-state index in [1.807, 2.05) is 24.3 Å². The van der Waals surface area contributed by atoms with Crippen molar-refractivity contribution in [3.05, 3.63) is 61.6 Å². The second-order valence-electron chi connectivity index (χ2n) is 4.62. The molecule has 0 aliphatic carbocycles. The number of amides is 2. The van der Waals surface area contributed by atoms with Crippen LogP contribution in [-0.2, 0) is 11.3 Å². The topological polar surface area (TPSA) is 67.4 Å². The Morgan fingerprint density at radius 1 is 1.17 bits per heavy atom. The van der Waals surface area contributed by atoms with E-state index < -0.39 is 6.09 Å². The first-order chi connectivity index (χ1) is 11.0. The smallest absolute Gasteiger partial charge is 0.411 e. The lowest BCUT2D eigenvalue weighted by Crippen LogP contribution is -2.23. The maximum Gasteiger partial charge on any atom is 0.411 e. The molecule has 0 saturated heterocycles. The van der Waals surface area contributed by atoms with Crippen molar-refractivity contribution < 1.29 is 14.3 Å². The van der Waals surface area contributed by atoms with Crippen LogP contribution in [0.2, 0.25) is 0 Å². The molecule has 2 amide bonds. The zero-order chi connectivity index (χ0) is 16.8. The summed E-state index contributed by atoms with van der Waals surface area (Å²) in [6, 6.07) is 12.7. The maximum atomic E-state index is 12.2. The number of hydrogen-bond acceptors (Lipinski definition) is 3. The lowest BCUT2D eigenvalue weighted by Gasteiger charge is -2.09. The van der Waals surface area contributed by atoms with Crippen LogP contribution in [0, 0.1) is 3.57 Å². The molecule has 0 radical (unpaired) electrons. The van der Waals surface area contributed by atoms with Gasteiger partial charge in [0.05, 0.1) is 12.7 Å². The highest BCUT2D eigenvalue weighted by molar-refractivity contribution is 14.1. The Morgan fingerprint density at radius 3 is 2.52 bits per heavy atom. The number of rotatable bonds is 4. The Bertz CT molecular complexity index is 720. The molecular formula is C16H14BrIN2O3. The lowest BCUT2D eigenvalue weighted by molar-refractivity contribution is 0.0950. The Balaban J connectivity index is 1.96. The first-order valence-corrected chi connectivity index (χ1v) is 8.54. The SMILES string of the molecule is COC(=O)Nc1ccc(CNC(=O)c2cc(Br)ccc2I)cc1. The molecule has 120 valence electrons. The lowest BCUT2D eigenvalue weighted by atomic mass is 10.2. The van der Waals surface area contributed by atoms with Gasteiger partial charge < -0.3 is 10.1 Å². The third-order valence-electron chi connectivity index (χ3n) is 3.01. The average molecular weight is 489 g/mol. The molecule has 0 fully saturated rings. The number of carbonyl (C=O) groups is 2. The molecule has 0 aliphatic rings. The zero-order valence-electron chi connectivity index (χ0n) is 12.2. The minimum atomic E-state index is -0.518. The number of anilines is 1. The molecular weight excluding hydrogens is 475 g/mol. The summed E-state index contributed by atoms with van der Waals surface area (Å²) in [5.74, 6) is -0.132. The summed E-state index contributed by atoms with van der Waals surface area (Å²) in [4.78, 5) is 23.3. The Kier molecular flexibility index (Phi) is 6.40. The first-order valence-electron chi connectivity index (χ1n) is 6.67. The molecule has 0 spiro atoms. The van der Waals surface area contributed by atoms with Crippen LogP contribution < -0.4 is 10.6 Å². The van der Waals surface area contributed by atoms with Gasteiger partial charge in [0.25, 0.3) is 5.91 Å². The van der Waals surface area contributed by atoms with Gasteiger partial charge in [0.1, 0.15) is 0 Å². The second kappa shape index (κ2) is 8.30. The van der Waals surface area contributed by atoms with Crippen LogP contribution in [0.1, 0.15) is 15.9 Å². The summed E-state index contributed by atoms with van der Waals surface area (Å²) in [7, 11) is 1.31. The van der Waals surface area contributed by atoms with Crippen molar-refractivity contribution in [3.63, 3.8) is 0 Å². The molecule has 2 aromatic carbocycles. The molecule has 2 N–H and O–H groups in total. The molecule has 0 unspecified atom stereocenters.